The van der Waals surface area contributed by atoms with Gasteiger partial charge in [-0.1, -0.05) is 6.07 Å². The van der Waals surface area contributed by atoms with Crippen molar-refractivity contribution in [3.63, 3.8) is 0 Å². The molecule has 1 aliphatic heterocycles. The molecule has 1 heterocycles. The summed E-state index contributed by atoms with van der Waals surface area (Å²) in [7, 11) is -1.78. The molecular weight excluding hydrogens is 267 g/mol. The van der Waals surface area contributed by atoms with Crippen LogP contribution in [-0.4, -0.2) is 38.9 Å². The molecule has 0 aliphatic carbocycles. The number of likely N-dealkylation sites (N-methyl/N-ethyl adjacent to an activating group) is 1. The van der Waals surface area contributed by atoms with E-state index in [1.54, 1.807) is 6.92 Å². The zero-order valence-electron chi connectivity index (χ0n) is 11.2. The highest BCUT2D eigenvalue weighted by Gasteiger charge is 2.30. The molecule has 1 atom stereocenters. The minimum absolute atomic E-state index is 0.0734. The highest BCUT2D eigenvalue weighted by molar-refractivity contribution is 7.89. The molecule has 106 valence electrons. The first-order chi connectivity index (χ1) is 8.95. The van der Waals surface area contributed by atoms with Gasteiger partial charge in [0, 0.05) is 19.1 Å². The Morgan fingerprint density at radius 1 is 1.42 bits per heavy atom. The lowest BCUT2D eigenvalue weighted by molar-refractivity contribution is 0.292. The molecule has 6 heteroatoms. The van der Waals surface area contributed by atoms with Crippen molar-refractivity contribution in [3.8, 4) is 0 Å². The summed E-state index contributed by atoms with van der Waals surface area (Å²) in [6, 6.07) is 4.05. The average molecular weight is 286 g/mol. The van der Waals surface area contributed by atoms with Crippen LogP contribution in [0.25, 0.3) is 0 Å². The standard InChI is InChI=1S/C13H19FN2O2S/c1-10-5-6-11(14)8-13(10)19(17,18)16-7-3-4-12(9-16)15-2/h5-6,8,12,15H,3-4,7,9H2,1-2H3/t12-/m1/s1. The lowest BCUT2D eigenvalue weighted by Crippen LogP contribution is -2.46. The predicted octanol–water partition coefficient (Wildman–Crippen LogP) is 1.51. The number of hydrogen-bond donors (Lipinski definition) is 1. The van der Waals surface area contributed by atoms with Crippen LogP contribution in [0.3, 0.4) is 0 Å². The van der Waals surface area contributed by atoms with Crippen molar-refractivity contribution in [2.24, 2.45) is 0 Å². The number of aryl methyl sites for hydroxylation is 1. The second kappa shape index (κ2) is 5.56. The molecule has 1 fully saturated rings. The quantitative estimate of drug-likeness (QED) is 0.916. The fourth-order valence-corrected chi connectivity index (χ4v) is 4.15. The van der Waals surface area contributed by atoms with E-state index in [-0.39, 0.29) is 10.9 Å². The van der Waals surface area contributed by atoms with Crippen LogP contribution in [0.1, 0.15) is 18.4 Å². The molecule has 2 rings (SSSR count). The molecule has 4 nitrogen and oxygen atoms in total. The molecule has 0 unspecified atom stereocenters. The van der Waals surface area contributed by atoms with E-state index < -0.39 is 15.8 Å². The lowest BCUT2D eigenvalue weighted by atomic mass is 10.1. The van der Waals surface area contributed by atoms with E-state index in [9.17, 15) is 12.8 Å². The molecule has 19 heavy (non-hydrogen) atoms. The summed E-state index contributed by atoms with van der Waals surface area (Å²) in [5.74, 6) is -0.522. The van der Waals surface area contributed by atoms with Gasteiger partial charge in [0.2, 0.25) is 10.0 Å². The Morgan fingerprint density at radius 2 is 2.16 bits per heavy atom. The van der Waals surface area contributed by atoms with Gasteiger partial charge in [-0.2, -0.15) is 4.31 Å². The molecule has 1 saturated heterocycles. The Hall–Kier alpha value is -0.980. The monoisotopic (exact) mass is 286 g/mol. The second-order valence-corrected chi connectivity index (χ2v) is 6.81. The number of sulfonamides is 1. The van der Waals surface area contributed by atoms with Crippen LogP contribution < -0.4 is 5.32 Å². The van der Waals surface area contributed by atoms with Crippen LogP contribution >= 0.6 is 0 Å². The number of nitrogens with one attached hydrogen (secondary N) is 1. The number of piperidine rings is 1. The maximum atomic E-state index is 13.3. The van der Waals surface area contributed by atoms with E-state index in [4.69, 9.17) is 0 Å². The van der Waals surface area contributed by atoms with Crippen molar-refractivity contribution in [1.29, 1.82) is 0 Å². The minimum atomic E-state index is -3.60. The summed E-state index contributed by atoms with van der Waals surface area (Å²) < 4.78 is 39.8. The molecule has 1 N–H and O–H groups in total. The van der Waals surface area contributed by atoms with E-state index in [1.807, 2.05) is 7.05 Å². The molecule has 1 aromatic carbocycles. The molecule has 0 radical (unpaired) electrons. The molecule has 0 spiro atoms. The average Bonchev–Trinajstić information content (AvgIpc) is 2.41. The Morgan fingerprint density at radius 3 is 2.84 bits per heavy atom. The molecular formula is C13H19FN2O2S. The zero-order valence-corrected chi connectivity index (χ0v) is 12.0. The number of nitrogens with zero attached hydrogens (tertiary/aromatic N) is 1. The molecule has 0 amide bonds. The van der Waals surface area contributed by atoms with Crippen LogP contribution in [0.2, 0.25) is 0 Å². The van der Waals surface area contributed by atoms with Gasteiger partial charge in [-0.25, -0.2) is 12.8 Å². The third-order valence-electron chi connectivity index (χ3n) is 3.56. The summed E-state index contributed by atoms with van der Waals surface area (Å²) in [6.45, 7) is 2.62. The first kappa shape index (κ1) is 14.4. The van der Waals surface area contributed by atoms with Gasteiger partial charge in [0.15, 0.2) is 0 Å². The van der Waals surface area contributed by atoms with Crippen molar-refractivity contribution in [1.82, 2.24) is 9.62 Å². The predicted molar refractivity (Wildman–Crippen MR) is 72.0 cm³/mol. The summed E-state index contributed by atoms with van der Waals surface area (Å²) in [6.07, 6.45) is 1.78. The van der Waals surface area contributed by atoms with Gasteiger partial charge < -0.3 is 5.32 Å². The number of benzene rings is 1. The van der Waals surface area contributed by atoms with Gasteiger partial charge in [0.05, 0.1) is 4.90 Å². The van der Waals surface area contributed by atoms with Crippen molar-refractivity contribution in [3.05, 3.63) is 29.6 Å². The minimum Gasteiger partial charge on any atom is -0.316 e. The van der Waals surface area contributed by atoms with E-state index in [2.05, 4.69) is 5.32 Å². The largest absolute Gasteiger partial charge is 0.316 e. The molecule has 0 bridgehead atoms. The van der Waals surface area contributed by atoms with Crippen LogP contribution in [0, 0.1) is 12.7 Å². The van der Waals surface area contributed by atoms with Crippen LogP contribution in [0.15, 0.2) is 23.1 Å². The maximum absolute atomic E-state index is 13.3. The van der Waals surface area contributed by atoms with Crippen LogP contribution in [-0.2, 0) is 10.0 Å². The molecule has 0 aromatic heterocycles. The third kappa shape index (κ3) is 2.96. The van der Waals surface area contributed by atoms with Crippen molar-refractivity contribution in [2.75, 3.05) is 20.1 Å². The van der Waals surface area contributed by atoms with E-state index >= 15 is 0 Å². The zero-order chi connectivity index (χ0) is 14.0. The SMILES string of the molecule is CN[C@@H]1CCCN(S(=O)(=O)c2cc(F)ccc2C)C1. The van der Waals surface area contributed by atoms with Gasteiger partial charge in [0.25, 0.3) is 0 Å². The van der Waals surface area contributed by atoms with E-state index in [1.165, 1.54) is 16.4 Å². The fourth-order valence-electron chi connectivity index (χ4n) is 2.39. The summed E-state index contributed by atoms with van der Waals surface area (Å²) >= 11 is 0. The Kier molecular flexibility index (Phi) is 4.23. The summed E-state index contributed by atoms with van der Waals surface area (Å²) in [5.41, 5.74) is 0.577. The van der Waals surface area contributed by atoms with Crippen LogP contribution in [0.5, 0.6) is 0 Å². The van der Waals surface area contributed by atoms with Crippen molar-refractivity contribution >= 4 is 10.0 Å². The van der Waals surface area contributed by atoms with Gasteiger partial charge >= 0.3 is 0 Å². The molecule has 1 aliphatic rings. The molecule has 0 saturated carbocycles. The normalized spacial score (nSPS) is 21.5. The number of rotatable bonds is 3. The van der Waals surface area contributed by atoms with Crippen molar-refractivity contribution in [2.45, 2.75) is 30.7 Å². The second-order valence-electron chi connectivity index (χ2n) is 4.90. The van der Waals surface area contributed by atoms with E-state index in [0.29, 0.717) is 18.7 Å². The Balaban J connectivity index is 2.34. The summed E-state index contributed by atoms with van der Waals surface area (Å²) in [5, 5.41) is 3.10. The summed E-state index contributed by atoms with van der Waals surface area (Å²) in [4.78, 5) is 0.0734. The van der Waals surface area contributed by atoms with Crippen LogP contribution in [0.4, 0.5) is 4.39 Å². The first-order valence-electron chi connectivity index (χ1n) is 6.38. The van der Waals surface area contributed by atoms with Gasteiger partial charge in [-0.05, 0) is 44.5 Å². The van der Waals surface area contributed by atoms with Gasteiger partial charge in [-0.15, -0.1) is 0 Å². The van der Waals surface area contributed by atoms with Gasteiger partial charge in [0.1, 0.15) is 5.82 Å². The first-order valence-corrected chi connectivity index (χ1v) is 7.82. The lowest BCUT2D eigenvalue weighted by Gasteiger charge is -2.32. The Labute approximate surface area is 113 Å². The number of halogens is 1. The van der Waals surface area contributed by atoms with Crippen molar-refractivity contribution < 1.29 is 12.8 Å². The highest BCUT2D eigenvalue weighted by atomic mass is 32.2. The molecule has 1 aromatic rings. The topological polar surface area (TPSA) is 49.4 Å². The van der Waals surface area contributed by atoms with Gasteiger partial charge in [-0.3, -0.25) is 0 Å². The maximum Gasteiger partial charge on any atom is 0.243 e. The third-order valence-corrected chi connectivity index (χ3v) is 5.57. The van der Waals surface area contributed by atoms with E-state index in [0.717, 1.165) is 18.9 Å². The smallest absolute Gasteiger partial charge is 0.243 e. The number of hydrogen-bond acceptors (Lipinski definition) is 3. The Bertz CT molecular complexity index is 560. The highest BCUT2D eigenvalue weighted by Crippen LogP contribution is 2.24. The fraction of sp³-hybridized carbons (Fsp3) is 0.538.